The van der Waals surface area contributed by atoms with Gasteiger partial charge in [-0.15, -0.1) is 0 Å². The first-order valence-electron chi connectivity index (χ1n) is 3.66. The first-order valence-corrected chi connectivity index (χ1v) is 3.66. The predicted molar refractivity (Wildman–Crippen MR) is 42.8 cm³/mol. The molecule has 0 spiro atoms. The molecule has 62 valence electrons. The topological polar surface area (TPSA) is 49.5 Å². The average molecular weight is 146 g/mol. The molecule has 0 bridgehead atoms. The highest BCUT2D eigenvalue weighted by molar-refractivity contribution is 4.76. The quantitative estimate of drug-likeness (QED) is 0.570. The summed E-state index contributed by atoms with van der Waals surface area (Å²) in [6, 6.07) is 0.185. The molecule has 3 nitrogen and oxygen atoms in total. The van der Waals surface area contributed by atoms with Crippen molar-refractivity contribution in [2.75, 3.05) is 20.7 Å². The molecule has 0 radical (unpaired) electrons. The van der Waals surface area contributed by atoms with Crippen molar-refractivity contribution in [1.29, 1.82) is 0 Å². The molecule has 0 aliphatic heterocycles. The molecular weight excluding hydrogens is 128 g/mol. The van der Waals surface area contributed by atoms with Crippen LogP contribution in [0.3, 0.4) is 0 Å². The van der Waals surface area contributed by atoms with Crippen molar-refractivity contribution in [2.24, 2.45) is 5.73 Å². The molecule has 0 fully saturated rings. The lowest BCUT2D eigenvalue weighted by Crippen LogP contribution is -2.46. The Balaban J connectivity index is 3.80. The van der Waals surface area contributed by atoms with Crippen LogP contribution in [0, 0.1) is 0 Å². The molecule has 0 saturated carbocycles. The van der Waals surface area contributed by atoms with Gasteiger partial charge in [-0.1, -0.05) is 6.92 Å². The second kappa shape index (κ2) is 4.66. The molecule has 10 heavy (non-hydrogen) atoms. The van der Waals surface area contributed by atoms with Crippen LogP contribution in [0.25, 0.3) is 0 Å². The van der Waals surface area contributed by atoms with E-state index in [0.29, 0.717) is 6.04 Å². The van der Waals surface area contributed by atoms with Crippen LogP contribution in [0.1, 0.15) is 13.3 Å². The Labute approximate surface area is 62.8 Å². The number of nitrogens with zero attached hydrogens (tertiary/aromatic N) is 1. The maximum Gasteiger partial charge on any atom is 0.0597 e. The zero-order valence-corrected chi connectivity index (χ0v) is 7.04. The molecule has 0 aromatic rings. The van der Waals surface area contributed by atoms with Gasteiger partial charge in [0.25, 0.3) is 0 Å². The first-order chi connectivity index (χ1) is 4.63. The van der Waals surface area contributed by atoms with Gasteiger partial charge >= 0.3 is 0 Å². The predicted octanol–water partition coefficient (Wildman–Crippen LogP) is -0.354. The standard InChI is InChI=1S/C7H18N2O/c1-4-7(9(2)3)6(8)5-10/h6-7,10H,4-5,8H2,1-3H3. The second-order valence-electron chi connectivity index (χ2n) is 2.79. The largest absolute Gasteiger partial charge is 0.395 e. The van der Waals surface area contributed by atoms with Crippen molar-refractivity contribution in [1.82, 2.24) is 4.90 Å². The zero-order valence-electron chi connectivity index (χ0n) is 7.04. The van der Waals surface area contributed by atoms with Crippen LogP contribution in [0.2, 0.25) is 0 Å². The average Bonchev–Trinajstić information content (AvgIpc) is 1.88. The number of rotatable bonds is 4. The summed E-state index contributed by atoms with van der Waals surface area (Å²) in [6.07, 6.45) is 0.981. The van der Waals surface area contributed by atoms with E-state index in [2.05, 4.69) is 6.92 Å². The lowest BCUT2D eigenvalue weighted by atomic mass is 10.1. The highest BCUT2D eigenvalue weighted by atomic mass is 16.3. The van der Waals surface area contributed by atoms with Gasteiger partial charge in [-0.2, -0.15) is 0 Å². The van der Waals surface area contributed by atoms with E-state index in [4.69, 9.17) is 10.8 Å². The number of aliphatic hydroxyl groups excluding tert-OH is 1. The summed E-state index contributed by atoms with van der Waals surface area (Å²) in [5.41, 5.74) is 5.64. The van der Waals surface area contributed by atoms with Crippen LogP contribution in [0.4, 0.5) is 0 Å². The molecule has 0 saturated heterocycles. The minimum atomic E-state index is -0.111. The van der Waals surface area contributed by atoms with Crippen LogP contribution in [0.15, 0.2) is 0 Å². The first kappa shape index (κ1) is 9.88. The molecule has 0 aliphatic carbocycles. The fourth-order valence-electron chi connectivity index (χ4n) is 1.17. The Kier molecular flexibility index (Phi) is 4.60. The van der Waals surface area contributed by atoms with Crippen molar-refractivity contribution in [3.63, 3.8) is 0 Å². The van der Waals surface area contributed by atoms with Gasteiger partial charge in [0.05, 0.1) is 6.61 Å². The second-order valence-corrected chi connectivity index (χ2v) is 2.79. The summed E-state index contributed by atoms with van der Waals surface area (Å²) < 4.78 is 0. The van der Waals surface area contributed by atoms with E-state index >= 15 is 0 Å². The minimum Gasteiger partial charge on any atom is -0.395 e. The Hall–Kier alpha value is -0.120. The lowest BCUT2D eigenvalue weighted by Gasteiger charge is -2.27. The van der Waals surface area contributed by atoms with Crippen molar-refractivity contribution >= 4 is 0 Å². The minimum absolute atomic E-state index is 0.0662. The number of nitrogens with two attached hydrogens (primary N) is 1. The lowest BCUT2D eigenvalue weighted by molar-refractivity contribution is 0.177. The molecule has 0 aromatic carbocycles. The van der Waals surface area contributed by atoms with Crippen molar-refractivity contribution in [3.05, 3.63) is 0 Å². The number of aliphatic hydroxyl groups is 1. The van der Waals surface area contributed by atoms with Crippen LogP contribution >= 0.6 is 0 Å². The Bertz CT molecular complexity index is 85.7. The molecule has 0 heterocycles. The molecule has 3 N–H and O–H groups in total. The molecule has 0 aliphatic rings. The molecule has 0 amide bonds. The van der Waals surface area contributed by atoms with Gasteiger partial charge < -0.3 is 15.7 Å². The van der Waals surface area contributed by atoms with Crippen molar-refractivity contribution in [2.45, 2.75) is 25.4 Å². The van der Waals surface area contributed by atoms with Crippen molar-refractivity contribution < 1.29 is 5.11 Å². The van der Waals surface area contributed by atoms with Gasteiger partial charge in [0, 0.05) is 12.1 Å². The van der Waals surface area contributed by atoms with E-state index in [0.717, 1.165) is 6.42 Å². The number of hydrogen-bond donors (Lipinski definition) is 2. The maximum atomic E-state index is 8.73. The van der Waals surface area contributed by atoms with E-state index in [1.165, 1.54) is 0 Å². The molecule has 2 unspecified atom stereocenters. The summed E-state index contributed by atoms with van der Waals surface area (Å²) in [4.78, 5) is 2.04. The summed E-state index contributed by atoms with van der Waals surface area (Å²) in [6.45, 7) is 2.14. The third kappa shape index (κ3) is 2.64. The Morgan fingerprint density at radius 1 is 1.50 bits per heavy atom. The van der Waals surface area contributed by atoms with Crippen LogP contribution in [0.5, 0.6) is 0 Å². The molecular formula is C7H18N2O. The highest BCUT2D eigenvalue weighted by Gasteiger charge is 2.16. The summed E-state index contributed by atoms with van der Waals surface area (Å²) in [7, 11) is 3.95. The third-order valence-corrected chi connectivity index (χ3v) is 1.79. The monoisotopic (exact) mass is 146 g/mol. The summed E-state index contributed by atoms with van der Waals surface area (Å²) >= 11 is 0. The smallest absolute Gasteiger partial charge is 0.0597 e. The van der Waals surface area contributed by atoms with E-state index in [9.17, 15) is 0 Å². The Morgan fingerprint density at radius 2 is 2.00 bits per heavy atom. The molecule has 3 heteroatoms. The van der Waals surface area contributed by atoms with Gasteiger partial charge in [-0.05, 0) is 20.5 Å². The SMILES string of the molecule is CCC(C(N)CO)N(C)C. The molecule has 2 atom stereocenters. The number of hydrogen-bond acceptors (Lipinski definition) is 3. The van der Waals surface area contributed by atoms with E-state index < -0.39 is 0 Å². The van der Waals surface area contributed by atoms with Crippen LogP contribution in [-0.2, 0) is 0 Å². The molecule has 0 rings (SSSR count). The van der Waals surface area contributed by atoms with Gasteiger partial charge in [-0.3, -0.25) is 0 Å². The number of likely N-dealkylation sites (N-methyl/N-ethyl adjacent to an activating group) is 1. The maximum absolute atomic E-state index is 8.73. The van der Waals surface area contributed by atoms with E-state index in [1.807, 2.05) is 19.0 Å². The van der Waals surface area contributed by atoms with Crippen molar-refractivity contribution in [3.8, 4) is 0 Å². The summed E-state index contributed by atoms with van der Waals surface area (Å²) in [5.74, 6) is 0. The fraction of sp³-hybridized carbons (Fsp3) is 1.00. The molecule has 0 aromatic heterocycles. The van der Waals surface area contributed by atoms with Gasteiger partial charge in [0.2, 0.25) is 0 Å². The van der Waals surface area contributed by atoms with E-state index in [-0.39, 0.29) is 12.6 Å². The highest BCUT2D eigenvalue weighted by Crippen LogP contribution is 2.01. The normalized spacial score (nSPS) is 17.4. The van der Waals surface area contributed by atoms with Crippen LogP contribution < -0.4 is 5.73 Å². The van der Waals surface area contributed by atoms with Gasteiger partial charge in [0.1, 0.15) is 0 Å². The van der Waals surface area contributed by atoms with Gasteiger partial charge in [0.15, 0.2) is 0 Å². The fourth-order valence-corrected chi connectivity index (χ4v) is 1.17. The van der Waals surface area contributed by atoms with E-state index in [1.54, 1.807) is 0 Å². The Morgan fingerprint density at radius 3 is 2.10 bits per heavy atom. The van der Waals surface area contributed by atoms with Crippen LogP contribution in [-0.4, -0.2) is 42.8 Å². The summed E-state index contributed by atoms with van der Waals surface area (Å²) in [5, 5.41) is 8.73. The third-order valence-electron chi connectivity index (χ3n) is 1.79. The van der Waals surface area contributed by atoms with Gasteiger partial charge in [-0.25, -0.2) is 0 Å². The zero-order chi connectivity index (χ0) is 8.15.